The number of aromatic nitrogens is 2. The molecule has 3 aromatic carbocycles. The number of imidazole rings is 1. The Morgan fingerprint density at radius 3 is 2.47 bits per heavy atom. The van der Waals surface area contributed by atoms with E-state index in [1.807, 2.05) is 59.2 Å². The van der Waals surface area contributed by atoms with Gasteiger partial charge in [0.05, 0.1) is 17.5 Å². The lowest BCUT2D eigenvalue weighted by Crippen LogP contribution is -2.33. The Morgan fingerprint density at radius 1 is 0.969 bits per heavy atom. The maximum atomic E-state index is 13.4. The zero-order valence-corrected chi connectivity index (χ0v) is 17.2. The van der Waals surface area contributed by atoms with Crippen molar-refractivity contribution in [1.82, 2.24) is 9.55 Å². The molecule has 32 heavy (non-hydrogen) atoms. The van der Waals surface area contributed by atoms with Crippen LogP contribution in [0.15, 0.2) is 78.9 Å². The Labute approximate surface area is 184 Å². The molecule has 0 saturated carbocycles. The molecule has 0 radical (unpaired) electrons. The molecule has 1 aromatic heterocycles. The lowest BCUT2D eigenvalue weighted by atomic mass is 10.1. The van der Waals surface area contributed by atoms with Gasteiger partial charge in [-0.3, -0.25) is 19.1 Å². The summed E-state index contributed by atoms with van der Waals surface area (Å²) in [7, 11) is 0. The number of benzene rings is 3. The molecule has 5 rings (SSSR count). The van der Waals surface area contributed by atoms with Crippen molar-refractivity contribution < 1.29 is 14.0 Å². The van der Waals surface area contributed by atoms with Crippen LogP contribution >= 0.6 is 0 Å². The number of carbonyl (C=O) groups excluding carboxylic acids is 2. The summed E-state index contributed by atoms with van der Waals surface area (Å²) < 4.78 is 15.0. The Hall–Kier alpha value is -4.00. The molecule has 4 aromatic rings. The Balaban J connectivity index is 1.41. The highest BCUT2D eigenvalue weighted by Gasteiger charge is 2.40. The van der Waals surface area contributed by atoms with E-state index in [9.17, 15) is 14.0 Å². The van der Waals surface area contributed by atoms with E-state index < -0.39 is 6.04 Å². The molecule has 6 nitrogen and oxygen atoms in total. The van der Waals surface area contributed by atoms with Gasteiger partial charge in [-0.1, -0.05) is 42.5 Å². The number of nitrogens with one attached hydrogen (secondary N) is 1. The minimum Gasteiger partial charge on any atom is -0.326 e. The molecule has 0 spiro atoms. The van der Waals surface area contributed by atoms with E-state index in [2.05, 4.69) is 10.3 Å². The molecule has 160 valence electrons. The van der Waals surface area contributed by atoms with Crippen LogP contribution < -0.4 is 10.2 Å². The van der Waals surface area contributed by atoms with Gasteiger partial charge < -0.3 is 5.32 Å². The first-order valence-electron chi connectivity index (χ1n) is 10.5. The van der Waals surface area contributed by atoms with E-state index in [0.717, 1.165) is 16.6 Å². The molecule has 1 aliphatic heterocycles. The van der Waals surface area contributed by atoms with Crippen LogP contribution in [0.4, 0.5) is 16.0 Å². The average Bonchev–Trinajstić information content (AvgIpc) is 3.29. The van der Waals surface area contributed by atoms with Crippen LogP contribution in [0.1, 0.15) is 18.0 Å². The van der Waals surface area contributed by atoms with Crippen LogP contribution in [0.3, 0.4) is 0 Å². The summed E-state index contributed by atoms with van der Waals surface area (Å²) in [6.45, 7) is 0.474. The smallest absolute Gasteiger partial charge is 0.253 e. The SMILES string of the molecule is O=C(C[C@H]1C(=O)N(CCc2ccccc2)c2nc3ccccc3n21)Nc1ccc(F)cc1. The highest BCUT2D eigenvalue weighted by Crippen LogP contribution is 2.36. The molecule has 0 saturated heterocycles. The largest absolute Gasteiger partial charge is 0.326 e. The number of rotatable bonds is 6. The first kappa shape index (κ1) is 19.9. The molecule has 0 bridgehead atoms. The zero-order chi connectivity index (χ0) is 22.1. The zero-order valence-electron chi connectivity index (χ0n) is 17.2. The summed E-state index contributed by atoms with van der Waals surface area (Å²) in [5.74, 6) is -0.281. The number of halogens is 1. The Bertz CT molecular complexity index is 1280. The highest BCUT2D eigenvalue weighted by molar-refractivity contribution is 6.05. The van der Waals surface area contributed by atoms with Crippen molar-refractivity contribution in [1.29, 1.82) is 0 Å². The van der Waals surface area contributed by atoms with Crippen LogP contribution in [0.5, 0.6) is 0 Å². The second-order valence-corrected chi connectivity index (χ2v) is 7.77. The van der Waals surface area contributed by atoms with Crippen molar-refractivity contribution in [2.75, 3.05) is 16.8 Å². The topological polar surface area (TPSA) is 67.2 Å². The second kappa shape index (κ2) is 8.26. The molecule has 0 aliphatic carbocycles. The number of hydrogen-bond acceptors (Lipinski definition) is 3. The van der Waals surface area contributed by atoms with Crippen molar-refractivity contribution in [2.45, 2.75) is 18.9 Å². The van der Waals surface area contributed by atoms with Gasteiger partial charge in [0.2, 0.25) is 11.9 Å². The van der Waals surface area contributed by atoms with Crippen LogP contribution in [0.2, 0.25) is 0 Å². The van der Waals surface area contributed by atoms with E-state index >= 15 is 0 Å². The first-order chi connectivity index (χ1) is 15.6. The van der Waals surface area contributed by atoms with Crippen LogP contribution in [0.25, 0.3) is 11.0 Å². The van der Waals surface area contributed by atoms with Gasteiger partial charge in [0.15, 0.2) is 0 Å². The van der Waals surface area contributed by atoms with Gasteiger partial charge in [-0.2, -0.15) is 0 Å². The molecule has 1 atom stereocenters. The van der Waals surface area contributed by atoms with Gasteiger partial charge in [-0.25, -0.2) is 9.37 Å². The lowest BCUT2D eigenvalue weighted by Gasteiger charge is -2.16. The van der Waals surface area contributed by atoms with Crippen LogP contribution in [-0.2, 0) is 16.0 Å². The quantitative estimate of drug-likeness (QED) is 0.497. The maximum Gasteiger partial charge on any atom is 0.253 e. The van der Waals surface area contributed by atoms with Crippen molar-refractivity contribution >= 4 is 34.5 Å². The fourth-order valence-corrected chi connectivity index (χ4v) is 4.11. The van der Waals surface area contributed by atoms with Crippen molar-refractivity contribution in [3.63, 3.8) is 0 Å². The number of fused-ring (bicyclic) bond motifs is 3. The molecule has 1 aliphatic rings. The number of amides is 2. The summed E-state index contributed by atoms with van der Waals surface area (Å²) in [4.78, 5) is 32.5. The molecule has 7 heteroatoms. The molecular weight excluding hydrogens is 407 g/mol. The average molecular weight is 428 g/mol. The molecular formula is C25H21FN4O2. The van der Waals surface area contributed by atoms with Crippen LogP contribution in [0, 0.1) is 5.82 Å². The summed E-state index contributed by atoms with van der Waals surface area (Å²) >= 11 is 0. The van der Waals surface area contributed by atoms with E-state index in [1.165, 1.54) is 24.3 Å². The molecule has 0 unspecified atom stereocenters. The van der Waals surface area contributed by atoms with Gasteiger partial charge in [0.25, 0.3) is 5.91 Å². The third-order valence-corrected chi connectivity index (χ3v) is 5.66. The van der Waals surface area contributed by atoms with Gasteiger partial charge in [0, 0.05) is 12.2 Å². The van der Waals surface area contributed by atoms with Gasteiger partial charge >= 0.3 is 0 Å². The molecule has 0 fully saturated rings. The van der Waals surface area contributed by atoms with E-state index in [1.54, 1.807) is 4.90 Å². The third kappa shape index (κ3) is 3.73. The monoisotopic (exact) mass is 428 g/mol. The number of anilines is 2. The summed E-state index contributed by atoms with van der Waals surface area (Å²) in [6.07, 6.45) is 0.648. The predicted molar refractivity (Wildman–Crippen MR) is 121 cm³/mol. The molecule has 1 N–H and O–H groups in total. The lowest BCUT2D eigenvalue weighted by molar-refractivity contribution is -0.124. The van der Waals surface area contributed by atoms with E-state index in [0.29, 0.717) is 24.6 Å². The fourth-order valence-electron chi connectivity index (χ4n) is 4.11. The van der Waals surface area contributed by atoms with Crippen molar-refractivity contribution in [3.05, 3.63) is 90.2 Å². The fraction of sp³-hybridized carbons (Fsp3) is 0.160. The minimum absolute atomic E-state index is 0.0363. The Kier molecular flexibility index (Phi) is 5.15. The predicted octanol–water partition coefficient (Wildman–Crippen LogP) is 4.33. The Morgan fingerprint density at radius 2 is 1.69 bits per heavy atom. The van der Waals surface area contributed by atoms with E-state index in [-0.39, 0.29) is 24.1 Å². The third-order valence-electron chi connectivity index (χ3n) is 5.66. The minimum atomic E-state index is -0.686. The standard InChI is InChI=1S/C25H21FN4O2/c26-18-10-12-19(13-11-18)27-23(31)16-22-24(32)29(15-14-17-6-2-1-3-7-17)25-28-20-8-4-5-9-21(20)30(22)25/h1-13,22H,14-16H2,(H,27,31)/t22-/m0/s1. The highest BCUT2D eigenvalue weighted by atomic mass is 19.1. The number of para-hydroxylation sites is 2. The molecule has 2 amide bonds. The number of carbonyl (C=O) groups is 2. The normalized spacial score (nSPS) is 15.2. The first-order valence-corrected chi connectivity index (χ1v) is 10.5. The number of hydrogen-bond donors (Lipinski definition) is 1. The van der Waals surface area contributed by atoms with Gasteiger partial charge in [-0.15, -0.1) is 0 Å². The number of nitrogens with zero attached hydrogens (tertiary/aromatic N) is 3. The van der Waals surface area contributed by atoms with E-state index in [4.69, 9.17) is 0 Å². The van der Waals surface area contributed by atoms with Gasteiger partial charge in [-0.05, 0) is 48.4 Å². The van der Waals surface area contributed by atoms with Crippen molar-refractivity contribution in [2.24, 2.45) is 0 Å². The van der Waals surface area contributed by atoms with Crippen LogP contribution in [-0.4, -0.2) is 27.9 Å². The van der Waals surface area contributed by atoms with Crippen molar-refractivity contribution in [3.8, 4) is 0 Å². The molecule has 2 heterocycles. The summed E-state index contributed by atoms with van der Waals surface area (Å²) in [5, 5.41) is 2.75. The summed E-state index contributed by atoms with van der Waals surface area (Å²) in [5.41, 5.74) is 3.21. The maximum absolute atomic E-state index is 13.4. The summed E-state index contributed by atoms with van der Waals surface area (Å²) in [6, 6.07) is 22.4. The second-order valence-electron chi connectivity index (χ2n) is 7.77. The van der Waals surface area contributed by atoms with Gasteiger partial charge in [0.1, 0.15) is 11.9 Å².